The molecule has 8 heteroatoms. The van der Waals surface area contributed by atoms with E-state index < -0.39 is 26.7 Å². The molecule has 0 saturated heterocycles. The van der Waals surface area contributed by atoms with Gasteiger partial charge in [0.25, 0.3) is 10.0 Å². The Bertz CT molecular complexity index is 806. The zero-order valence-corrected chi connectivity index (χ0v) is 14.7. The summed E-state index contributed by atoms with van der Waals surface area (Å²) in [5.41, 5.74) is -0.845. The molecule has 0 aliphatic heterocycles. The van der Waals surface area contributed by atoms with Gasteiger partial charge in [0.1, 0.15) is 0 Å². The molecule has 2 rings (SSSR count). The van der Waals surface area contributed by atoms with Crippen molar-refractivity contribution in [2.24, 2.45) is 0 Å². The standard InChI is InChI=1S/C17H19F3N2O2S/c1-21(2)12-13-22(14-8-4-3-5-9-14)25(23,24)16-11-7-6-10-15(16)17(18,19)20/h3-11H,12-13H2,1-2H3. The van der Waals surface area contributed by atoms with Crippen molar-refractivity contribution < 1.29 is 21.6 Å². The van der Waals surface area contributed by atoms with E-state index in [0.29, 0.717) is 12.2 Å². The number of hydrogen-bond donors (Lipinski definition) is 0. The molecule has 25 heavy (non-hydrogen) atoms. The molecule has 0 bridgehead atoms. The van der Waals surface area contributed by atoms with Gasteiger partial charge in [0.05, 0.1) is 16.1 Å². The van der Waals surface area contributed by atoms with Gasteiger partial charge in [0.15, 0.2) is 0 Å². The normalized spacial score (nSPS) is 12.4. The molecule has 0 aliphatic rings. The Hall–Kier alpha value is -2.06. The lowest BCUT2D eigenvalue weighted by molar-refractivity contribution is -0.139. The fraction of sp³-hybridized carbons (Fsp3) is 0.294. The van der Waals surface area contributed by atoms with Crippen LogP contribution in [-0.2, 0) is 16.2 Å². The minimum atomic E-state index is -4.76. The molecular formula is C17H19F3N2O2S. The number of hydrogen-bond acceptors (Lipinski definition) is 3. The quantitative estimate of drug-likeness (QED) is 0.780. The minimum absolute atomic E-state index is 0.0333. The van der Waals surface area contributed by atoms with Crippen LogP contribution in [0.1, 0.15) is 5.56 Å². The van der Waals surface area contributed by atoms with Gasteiger partial charge in [-0.25, -0.2) is 8.42 Å². The van der Waals surface area contributed by atoms with Crippen molar-refractivity contribution in [3.05, 3.63) is 60.2 Å². The summed E-state index contributed by atoms with van der Waals surface area (Å²) in [5.74, 6) is 0. The first-order chi connectivity index (χ1) is 11.6. The first-order valence-corrected chi connectivity index (χ1v) is 8.97. The van der Waals surface area contributed by atoms with Gasteiger partial charge in [-0.1, -0.05) is 30.3 Å². The molecule has 2 aromatic rings. The van der Waals surface area contributed by atoms with E-state index in [-0.39, 0.29) is 6.54 Å². The summed E-state index contributed by atoms with van der Waals surface area (Å²) in [5, 5.41) is 0. The molecule has 0 radical (unpaired) electrons. The Labute approximate surface area is 145 Å². The zero-order valence-electron chi connectivity index (χ0n) is 13.9. The lowest BCUT2D eigenvalue weighted by Crippen LogP contribution is -2.37. The van der Waals surface area contributed by atoms with Crippen LogP contribution in [0.15, 0.2) is 59.5 Å². The molecule has 0 amide bonds. The summed E-state index contributed by atoms with van der Waals surface area (Å²) < 4.78 is 66.9. The summed E-state index contributed by atoms with van der Waals surface area (Å²) in [6.45, 7) is 0.397. The van der Waals surface area contributed by atoms with E-state index in [1.807, 2.05) is 0 Å². The van der Waals surface area contributed by atoms with Crippen LogP contribution in [0.3, 0.4) is 0 Å². The minimum Gasteiger partial charge on any atom is -0.308 e. The fourth-order valence-corrected chi connectivity index (χ4v) is 3.99. The largest absolute Gasteiger partial charge is 0.417 e. The van der Waals surface area contributed by atoms with Crippen molar-refractivity contribution in [1.29, 1.82) is 0 Å². The van der Waals surface area contributed by atoms with Crippen LogP contribution in [0.2, 0.25) is 0 Å². The first kappa shape index (κ1) is 19.3. The van der Waals surface area contributed by atoms with Crippen LogP contribution in [0, 0.1) is 0 Å². The van der Waals surface area contributed by atoms with Crippen LogP contribution in [-0.4, -0.2) is 40.5 Å². The number of rotatable bonds is 6. The SMILES string of the molecule is CN(C)CCN(c1ccccc1)S(=O)(=O)c1ccccc1C(F)(F)F. The predicted octanol–water partition coefficient (Wildman–Crippen LogP) is 3.46. The average Bonchev–Trinajstić information content (AvgIpc) is 2.55. The van der Waals surface area contributed by atoms with Gasteiger partial charge in [-0.3, -0.25) is 4.31 Å². The fourth-order valence-electron chi connectivity index (χ4n) is 2.32. The van der Waals surface area contributed by atoms with Gasteiger partial charge in [-0.15, -0.1) is 0 Å². The number of nitrogens with zero attached hydrogens (tertiary/aromatic N) is 2. The van der Waals surface area contributed by atoms with E-state index in [0.717, 1.165) is 16.4 Å². The number of likely N-dealkylation sites (N-methyl/N-ethyl adjacent to an activating group) is 1. The molecule has 4 nitrogen and oxygen atoms in total. The van der Waals surface area contributed by atoms with Crippen LogP contribution < -0.4 is 4.31 Å². The lowest BCUT2D eigenvalue weighted by Gasteiger charge is -2.27. The van der Waals surface area contributed by atoms with Gasteiger partial charge in [0, 0.05) is 13.1 Å². The van der Waals surface area contributed by atoms with Gasteiger partial charge >= 0.3 is 6.18 Å². The second-order valence-corrected chi connectivity index (χ2v) is 7.54. The van der Waals surface area contributed by atoms with Gasteiger partial charge in [-0.2, -0.15) is 13.2 Å². The number of alkyl halides is 3. The molecule has 136 valence electrons. The Morgan fingerprint density at radius 2 is 1.44 bits per heavy atom. The summed E-state index contributed by atoms with van der Waals surface area (Å²) in [6, 6.07) is 12.3. The van der Waals surface area contributed by atoms with E-state index in [2.05, 4.69) is 0 Å². The molecule has 0 unspecified atom stereocenters. The molecule has 0 atom stereocenters. The predicted molar refractivity (Wildman–Crippen MR) is 91.0 cm³/mol. The molecule has 0 N–H and O–H groups in total. The maximum Gasteiger partial charge on any atom is 0.417 e. The highest BCUT2D eigenvalue weighted by Gasteiger charge is 2.38. The summed E-state index contributed by atoms with van der Waals surface area (Å²) in [6.07, 6.45) is -4.76. The highest BCUT2D eigenvalue weighted by molar-refractivity contribution is 7.92. The van der Waals surface area contributed by atoms with Crippen LogP contribution in [0.5, 0.6) is 0 Å². The lowest BCUT2D eigenvalue weighted by atomic mass is 10.2. The number of para-hydroxylation sites is 1. The number of benzene rings is 2. The topological polar surface area (TPSA) is 40.6 Å². The van der Waals surface area contributed by atoms with E-state index in [1.165, 1.54) is 12.1 Å². The van der Waals surface area contributed by atoms with Crippen molar-refractivity contribution in [2.75, 3.05) is 31.5 Å². The van der Waals surface area contributed by atoms with Crippen molar-refractivity contribution in [3.63, 3.8) is 0 Å². The Morgan fingerprint density at radius 1 is 0.880 bits per heavy atom. The molecule has 0 saturated carbocycles. The van der Waals surface area contributed by atoms with Crippen LogP contribution in [0.4, 0.5) is 18.9 Å². The zero-order chi connectivity index (χ0) is 18.7. The second-order valence-electron chi connectivity index (χ2n) is 5.71. The van der Waals surface area contributed by atoms with Crippen LogP contribution >= 0.6 is 0 Å². The maximum atomic E-state index is 13.3. The Morgan fingerprint density at radius 3 is 2.00 bits per heavy atom. The summed E-state index contributed by atoms with van der Waals surface area (Å²) in [7, 11) is -0.850. The first-order valence-electron chi connectivity index (χ1n) is 7.53. The Balaban J connectivity index is 2.57. The highest BCUT2D eigenvalue weighted by atomic mass is 32.2. The third-order valence-electron chi connectivity index (χ3n) is 3.55. The molecule has 0 aromatic heterocycles. The van der Waals surface area contributed by atoms with E-state index >= 15 is 0 Å². The van der Waals surface area contributed by atoms with Crippen molar-refractivity contribution in [3.8, 4) is 0 Å². The highest BCUT2D eigenvalue weighted by Crippen LogP contribution is 2.36. The molecule has 0 aliphatic carbocycles. The summed E-state index contributed by atoms with van der Waals surface area (Å²) >= 11 is 0. The number of halogens is 3. The smallest absolute Gasteiger partial charge is 0.308 e. The Kier molecular flexibility index (Phi) is 5.74. The molecule has 0 heterocycles. The second kappa shape index (κ2) is 7.45. The van der Waals surface area contributed by atoms with Gasteiger partial charge < -0.3 is 4.90 Å². The third kappa shape index (κ3) is 4.52. The van der Waals surface area contributed by atoms with Gasteiger partial charge in [0.2, 0.25) is 0 Å². The molecule has 0 fully saturated rings. The van der Waals surface area contributed by atoms with E-state index in [1.54, 1.807) is 49.3 Å². The molecule has 2 aromatic carbocycles. The van der Waals surface area contributed by atoms with Crippen molar-refractivity contribution in [2.45, 2.75) is 11.1 Å². The monoisotopic (exact) mass is 372 g/mol. The molecule has 0 spiro atoms. The number of sulfonamides is 1. The maximum absolute atomic E-state index is 13.3. The number of anilines is 1. The van der Waals surface area contributed by atoms with E-state index in [4.69, 9.17) is 0 Å². The third-order valence-corrected chi connectivity index (χ3v) is 5.44. The van der Waals surface area contributed by atoms with Crippen LogP contribution in [0.25, 0.3) is 0 Å². The van der Waals surface area contributed by atoms with Crippen molar-refractivity contribution >= 4 is 15.7 Å². The van der Waals surface area contributed by atoms with Gasteiger partial charge in [-0.05, 0) is 38.4 Å². The summed E-state index contributed by atoms with van der Waals surface area (Å²) in [4.78, 5) is 1.02. The average molecular weight is 372 g/mol. The van der Waals surface area contributed by atoms with E-state index in [9.17, 15) is 21.6 Å². The van der Waals surface area contributed by atoms with Crippen molar-refractivity contribution in [1.82, 2.24) is 4.90 Å². The molecular weight excluding hydrogens is 353 g/mol.